The van der Waals surface area contributed by atoms with Gasteiger partial charge in [-0.1, -0.05) is 29.8 Å². The van der Waals surface area contributed by atoms with Gasteiger partial charge in [0.1, 0.15) is 5.41 Å². The molecule has 126 valence electrons. The van der Waals surface area contributed by atoms with Gasteiger partial charge in [0.25, 0.3) is 0 Å². The van der Waals surface area contributed by atoms with Gasteiger partial charge >= 0.3 is 0 Å². The van der Waals surface area contributed by atoms with Crippen molar-refractivity contribution in [2.45, 2.75) is 26.3 Å². The van der Waals surface area contributed by atoms with Crippen LogP contribution < -0.4 is 10.6 Å². The quantitative estimate of drug-likeness (QED) is 0.826. The number of anilines is 1. The van der Waals surface area contributed by atoms with Crippen molar-refractivity contribution in [3.05, 3.63) is 65.2 Å². The first-order valence-corrected chi connectivity index (χ1v) is 8.19. The van der Waals surface area contributed by atoms with Gasteiger partial charge in [-0.15, -0.1) is 0 Å². The Morgan fingerprint density at radius 1 is 1.04 bits per heavy atom. The Balaban J connectivity index is 1.60. The molecule has 0 spiro atoms. The van der Waals surface area contributed by atoms with Gasteiger partial charge in [0.2, 0.25) is 11.8 Å². The van der Waals surface area contributed by atoms with Crippen LogP contribution in [0.1, 0.15) is 29.5 Å². The van der Waals surface area contributed by atoms with E-state index in [4.69, 9.17) is 5.26 Å². The van der Waals surface area contributed by atoms with Crippen LogP contribution >= 0.6 is 0 Å². The summed E-state index contributed by atoms with van der Waals surface area (Å²) in [5.74, 6) is -0.530. The van der Waals surface area contributed by atoms with E-state index in [-0.39, 0.29) is 11.8 Å². The monoisotopic (exact) mass is 333 g/mol. The maximum Gasteiger partial charge on any atom is 0.240 e. The second-order valence-electron chi connectivity index (χ2n) is 6.39. The molecule has 0 radical (unpaired) electrons. The molecule has 25 heavy (non-hydrogen) atoms. The second kappa shape index (κ2) is 6.78. The highest BCUT2D eigenvalue weighted by Gasteiger charge is 2.56. The predicted octanol–water partition coefficient (Wildman–Crippen LogP) is 2.90. The molecular formula is C20H19N3O2. The van der Waals surface area contributed by atoms with E-state index in [9.17, 15) is 9.59 Å². The Morgan fingerprint density at radius 2 is 1.68 bits per heavy atom. The highest BCUT2D eigenvalue weighted by Crippen LogP contribution is 2.46. The molecule has 0 saturated heterocycles. The standard InChI is InChI=1S/C20H19N3O2/c1-14-2-4-16(5-3-14)13-22-18(24)20(10-11-20)19(25)23-17-8-6-15(12-21)7-9-17/h2-9H,10-11,13H2,1H3,(H,22,24)(H,23,25). The minimum Gasteiger partial charge on any atom is -0.351 e. The summed E-state index contributed by atoms with van der Waals surface area (Å²) in [6.45, 7) is 2.42. The fourth-order valence-electron chi connectivity index (χ4n) is 2.62. The molecule has 1 aliphatic carbocycles. The molecule has 1 fully saturated rings. The zero-order valence-corrected chi connectivity index (χ0v) is 14.0. The molecule has 2 N–H and O–H groups in total. The van der Waals surface area contributed by atoms with Gasteiger partial charge in [-0.2, -0.15) is 5.26 Å². The van der Waals surface area contributed by atoms with Gasteiger partial charge in [0.05, 0.1) is 11.6 Å². The van der Waals surface area contributed by atoms with Gasteiger partial charge in [-0.05, 0) is 49.6 Å². The molecule has 0 atom stereocenters. The Morgan fingerprint density at radius 3 is 2.24 bits per heavy atom. The van der Waals surface area contributed by atoms with Crippen molar-refractivity contribution < 1.29 is 9.59 Å². The first-order chi connectivity index (χ1) is 12.0. The zero-order chi connectivity index (χ0) is 17.9. The number of hydrogen-bond acceptors (Lipinski definition) is 3. The molecule has 1 aliphatic rings. The van der Waals surface area contributed by atoms with Crippen molar-refractivity contribution >= 4 is 17.5 Å². The Kier molecular flexibility index (Phi) is 4.53. The third kappa shape index (κ3) is 3.69. The normalized spacial score (nSPS) is 14.2. The van der Waals surface area contributed by atoms with E-state index in [1.54, 1.807) is 24.3 Å². The lowest BCUT2D eigenvalue weighted by Gasteiger charge is -2.15. The van der Waals surface area contributed by atoms with E-state index in [1.165, 1.54) is 0 Å². The van der Waals surface area contributed by atoms with E-state index < -0.39 is 5.41 Å². The summed E-state index contributed by atoms with van der Waals surface area (Å²) < 4.78 is 0. The van der Waals surface area contributed by atoms with Crippen LogP contribution in [0.25, 0.3) is 0 Å². The Bertz CT molecular complexity index is 829. The minimum absolute atomic E-state index is 0.237. The number of benzene rings is 2. The number of aryl methyl sites for hydroxylation is 1. The number of nitriles is 1. The maximum absolute atomic E-state index is 12.5. The van der Waals surface area contributed by atoms with Gasteiger partial charge in [-0.3, -0.25) is 9.59 Å². The molecule has 5 heteroatoms. The summed E-state index contributed by atoms with van der Waals surface area (Å²) in [7, 11) is 0. The van der Waals surface area contributed by atoms with Gasteiger partial charge < -0.3 is 10.6 Å². The number of carbonyl (C=O) groups is 2. The Hall–Kier alpha value is -3.13. The summed E-state index contributed by atoms with van der Waals surface area (Å²) in [6.07, 6.45) is 1.10. The molecule has 2 aromatic rings. The number of nitrogens with zero attached hydrogens (tertiary/aromatic N) is 1. The van der Waals surface area contributed by atoms with Crippen molar-refractivity contribution in [2.75, 3.05) is 5.32 Å². The lowest BCUT2D eigenvalue weighted by atomic mass is 10.0. The summed E-state index contributed by atoms with van der Waals surface area (Å²) in [5.41, 5.74) is 2.30. The van der Waals surface area contributed by atoms with Crippen molar-refractivity contribution in [2.24, 2.45) is 5.41 Å². The molecule has 3 rings (SSSR count). The van der Waals surface area contributed by atoms with Gasteiger partial charge in [-0.25, -0.2) is 0 Å². The number of nitrogens with one attached hydrogen (secondary N) is 2. The van der Waals surface area contributed by atoms with Crippen molar-refractivity contribution in [1.82, 2.24) is 5.32 Å². The second-order valence-corrected chi connectivity index (χ2v) is 6.39. The average molecular weight is 333 g/mol. The fourth-order valence-corrected chi connectivity index (χ4v) is 2.62. The minimum atomic E-state index is -0.974. The lowest BCUT2D eigenvalue weighted by molar-refractivity contribution is -0.134. The SMILES string of the molecule is Cc1ccc(CNC(=O)C2(C(=O)Nc3ccc(C#N)cc3)CC2)cc1. The number of rotatable bonds is 5. The topological polar surface area (TPSA) is 82.0 Å². The molecule has 0 aromatic heterocycles. The molecule has 5 nitrogen and oxygen atoms in total. The summed E-state index contributed by atoms with van der Waals surface area (Å²) in [5, 5.41) is 14.4. The van der Waals surface area contributed by atoms with Crippen LogP contribution in [0.4, 0.5) is 5.69 Å². The zero-order valence-electron chi connectivity index (χ0n) is 14.0. The number of amides is 2. The largest absolute Gasteiger partial charge is 0.351 e. The summed E-state index contributed by atoms with van der Waals surface area (Å²) in [4.78, 5) is 25.0. The van der Waals surface area contributed by atoms with Crippen LogP contribution in [0.15, 0.2) is 48.5 Å². The van der Waals surface area contributed by atoms with Crippen LogP contribution in [-0.2, 0) is 16.1 Å². The van der Waals surface area contributed by atoms with E-state index in [0.29, 0.717) is 30.6 Å². The van der Waals surface area contributed by atoms with E-state index in [0.717, 1.165) is 11.1 Å². The molecule has 0 bridgehead atoms. The summed E-state index contributed by atoms with van der Waals surface area (Å²) >= 11 is 0. The van der Waals surface area contributed by atoms with Crippen LogP contribution in [0, 0.1) is 23.7 Å². The maximum atomic E-state index is 12.5. The molecule has 0 aliphatic heterocycles. The molecule has 0 heterocycles. The van der Waals surface area contributed by atoms with Crippen LogP contribution in [-0.4, -0.2) is 11.8 Å². The first-order valence-electron chi connectivity index (χ1n) is 8.19. The first kappa shape index (κ1) is 16.7. The van der Waals surface area contributed by atoms with Crippen LogP contribution in [0.5, 0.6) is 0 Å². The lowest BCUT2D eigenvalue weighted by Crippen LogP contribution is -2.39. The third-order valence-electron chi connectivity index (χ3n) is 4.46. The summed E-state index contributed by atoms with van der Waals surface area (Å²) in [6, 6.07) is 16.5. The van der Waals surface area contributed by atoms with E-state index >= 15 is 0 Å². The molecule has 1 saturated carbocycles. The number of hydrogen-bond donors (Lipinski definition) is 2. The molecule has 2 aromatic carbocycles. The highest BCUT2D eigenvalue weighted by molar-refractivity contribution is 6.13. The predicted molar refractivity (Wildman–Crippen MR) is 94.5 cm³/mol. The van der Waals surface area contributed by atoms with Gasteiger partial charge in [0.15, 0.2) is 0 Å². The number of carbonyl (C=O) groups excluding carboxylic acids is 2. The average Bonchev–Trinajstić information content (AvgIpc) is 3.44. The van der Waals surface area contributed by atoms with Crippen molar-refractivity contribution in [1.29, 1.82) is 5.26 Å². The van der Waals surface area contributed by atoms with Gasteiger partial charge in [0, 0.05) is 12.2 Å². The molecule has 2 amide bonds. The molecular weight excluding hydrogens is 314 g/mol. The van der Waals surface area contributed by atoms with Crippen LogP contribution in [0.3, 0.4) is 0 Å². The van der Waals surface area contributed by atoms with Crippen molar-refractivity contribution in [3.63, 3.8) is 0 Å². The third-order valence-corrected chi connectivity index (χ3v) is 4.46. The van der Waals surface area contributed by atoms with E-state index in [1.807, 2.05) is 37.3 Å². The smallest absolute Gasteiger partial charge is 0.240 e. The van der Waals surface area contributed by atoms with E-state index in [2.05, 4.69) is 10.6 Å². The van der Waals surface area contributed by atoms with Crippen molar-refractivity contribution in [3.8, 4) is 6.07 Å². The van der Waals surface area contributed by atoms with Crippen LogP contribution in [0.2, 0.25) is 0 Å². The Labute approximate surface area is 146 Å². The highest BCUT2D eigenvalue weighted by atomic mass is 16.2. The molecule has 0 unspecified atom stereocenters. The fraction of sp³-hybridized carbons (Fsp3) is 0.250.